The number of rotatable bonds is 5. The molecule has 0 aliphatic heterocycles. The molecule has 0 aliphatic carbocycles. The number of hydrogen-bond acceptors (Lipinski definition) is 5. The normalized spacial score (nSPS) is 12.5. The van der Waals surface area contributed by atoms with E-state index in [0.717, 1.165) is 24.3 Å². The lowest BCUT2D eigenvalue weighted by atomic mass is 10.1. The Balaban J connectivity index is 1.99. The molecule has 3 aromatic rings. The lowest BCUT2D eigenvalue weighted by molar-refractivity contribution is -0.137. The van der Waals surface area contributed by atoms with Crippen molar-refractivity contribution in [1.82, 2.24) is 10.2 Å². The van der Waals surface area contributed by atoms with Gasteiger partial charge in [-0.3, -0.25) is 0 Å². The van der Waals surface area contributed by atoms with E-state index in [1.165, 1.54) is 24.4 Å². The summed E-state index contributed by atoms with van der Waals surface area (Å²) in [5.41, 5.74) is -0.485. The number of aryl methyl sites for hydroxylation is 1. The highest BCUT2D eigenvalue weighted by Crippen LogP contribution is 2.37. The third kappa shape index (κ3) is 5.12. The Morgan fingerprint density at radius 1 is 1.10 bits per heavy atom. The first-order valence-corrected chi connectivity index (χ1v) is 8.59. The van der Waals surface area contributed by atoms with Gasteiger partial charge in [0.1, 0.15) is 17.3 Å². The second-order valence-electron chi connectivity index (χ2n) is 6.08. The molecule has 0 bridgehead atoms. The lowest BCUT2D eigenvalue weighted by Gasteiger charge is -2.20. The van der Waals surface area contributed by atoms with Crippen molar-refractivity contribution >= 4 is 17.3 Å². The van der Waals surface area contributed by atoms with Crippen molar-refractivity contribution in [2.75, 3.05) is 5.32 Å². The number of hydrogen-bond donors (Lipinski definition) is 2. The van der Waals surface area contributed by atoms with Crippen LogP contribution in [0.3, 0.4) is 0 Å². The van der Waals surface area contributed by atoms with Crippen molar-refractivity contribution in [2.24, 2.45) is 0 Å². The zero-order valence-corrected chi connectivity index (χ0v) is 15.6. The monoisotopic (exact) mass is 427 g/mol. The predicted molar refractivity (Wildman–Crippen MR) is 98.3 cm³/mol. The number of alkyl halides is 3. The Bertz CT molecular complexity index is 1030. The van der Waals surface area contributed by atoms with Crippen molar-refractivity contribution in [1.29, 1.82) is 0 Å². The Labute approximate surface area is 167 Å². The Hall–Kier alpha value is -2.91. The number of nitrogens with one attached hydrogen (secondary N) is 1. The maximum absolute atomic E-state index is 13.3. The molecule has 0 aliphatic rings. The first kappa shape index (κ1) is 20.8. The zero-order valence-electron chi connectivity index (χ0n) is 14.8. The summed E-state index contributed by atoms with van der Waals surface area (Å²) in [4.78, 5) is 0. The number of nitrogens with zero attached hydrogens (tertiary/aromatic N) is 2. The number of halogens is 5. The van der Waals surface area contributed by atoms with Crippen LogP contribution in [-0.4, -0.2) is 15.3 Å². The van der Waals surface area contributed by atoms with Crippen molar-refractivity contribution in [2.45, 2.75) is 19.3 Å². The minimum atomic E-state index is -4.62. The molecule has 2 aromatic carbocycles. The zero-order chi connectivity index (χ0) is 21.2. The van der Waals surface area contributed by atoms with Crippen LogP contribution in [-0.2, 0) is 6.18 Å². The minimum absolute atomic E-state index is 0.0321. The summed E-state index contributed by atoms with van der Waals surface area (Å²) < 4.78 is 58.4. The van der Waals surface area contributed by atoms with E-state index in [0.29, 0.717) is 5.56 Å². The molecular formula is C19H14ClF4N3O2. The molecule has 0 radical (unpaired) electrons. The molecule has 3 rings (SSSR count). The lowest BCUT2D eigenvalue weighted by Crippen LogP contribution is -2.14. The molecule has 5 nitrogen and oxygen atoms in total. The maximum atomic E-state index is 13.3. The third-order valence-corrected chi connectivity index (χ3v) is 4.10. The summed E-state index contributed by atoms with van der Waals surface area (Å²) in [6.07, 6.45) is -4.97. The van der Waals surface area contributed by atoms with Crippen LogP contribution in [0.25, 0.3) is 0 Å². The molecule has 0 amide bonds. The molecule has 1 atom stereocenters. The Morgan fingerprint density at radius 3 is 2.48 bits per heavy atom. The summed E-state index contributed by atoms with van der Waals surface area (Å²) in [5, 5.41) is 20.3. The van der Waals surface area contributed by atoms with E-state index in [-0.39, 0.29) is 27.9 Å². The Morgan fingerprint density at radius 2 is 1.83 bits per heavy atom. The van der Waals surface area contributed by atoms with Gasteiger partial charge in [-0.05, 0) is 48.9 Å². The largest absolute Gasteiger partial charge is 0.457 e. The molecule has 152 valence electrons. The molecule has 0 saturated heterocycles. The fourth-order valence-electron chi connectivity index (χ4n) is 2.53. The smallest absolute Gasteiger partial charge is 0.416 e. The van der Waals surface area contributed by atoms with E-state index in [1.54, 1.807) is 6.92 Å². The van der Waals surface area contributed by atoms with Gasteiger partial charge in [0, 0.05) is 11.6 Å². The van der Waals surface area contributed by atoms with Crippen molar-refractivity contribution in [3.8, 4) is 11.5 Å². The quantitative estimate of drug-likeness (QED) is 0.416. The van der Waals surface area contributed by atoms with Gasteiger partial charge >= 0.3 is 6.18 Å². The summed E-state index contributed by atoms with van der Waals surface area (Å²) in [5.74, 6) is -0.291. The molecule has 0 saturated carbocycles. The summed E-state index contributed by atoms with van der Waals surface area (Å²) in [6.45, 7) is 1.58. The Kier molecular flexibility index (Phi) is 5.90. The molecule has 29 heavy (non-hydrogen) atoms. The van der Waals surface area contributed by atoms with E-state index >= 15 is 0 Å². The molecule has 0 fully saturated rings. The van der Waals surface area contributed by atoms with Crippen molar-refractivity contribution in [3.05, 3.63) is 76.3 Å². The van der Waals surface area contributed by atoms with Crippen LogP contribution in [0, 0.1) is 12.7 Å². The molecule has 1 heterocycles. The summed E-state index contributed by atoms with van der Waals surface area (Å²) in [6, 6.07) is 7.75. The number of aromatic nitrogens is 2. The second-order valence-corrected chi connectivity index (χ2v) is 6.46. The first-order chi connectivity index (χ1) is 13.6. The van der Waals surface area contributed by atoms with Crippen LogP contribution in [0.1, 0.15) is 22.9 Å². The third-order valence-electron chi connectivity index (χ3n) is 3.92. The van der Waals surface area contributed by atoms with Crippen LogP contribution in [0.5, 0.6) is 11.5 Å². The maximum Gasteiger partial charge on any atom is 0.416 e. The van der Waals surface area contributed by atoms with Gasteiger partial charge in [0.05, 0.1) is 17.4 Å². The molecule has 2 N–H and O–H groups in total. The number of aliphatic hydroxyl groups excluding tert-OH is 1. The summed E-state index contributed by atoms with van der Waals surface area (Å²) in [7, 11) is 0. The summed E-state index contributed by atoms with van der Waals surface area (Å²) >= 11 is 5.73. The first-order valence-electron chi connectivity index (χ1n) is 8.21. The highest BCUT2D eigenvalue weighted by Gasteiger charge is 2.32. The molecule has 1 unspecified atom stereocenters. The van der Waals surface area contributed by atoms with E-state index in [2.05, 4.69) is 15.5 Å². The highest BCUT2D eigenvalue weighted by atomic mass is 35.5. The molecular weight excluding hydrogens is 414 g/mol. The van der Waals surface area contributed by atoms with E-state index in [4.69, 9.17) is 16.3 Å². The highest BCUT2D eigenvalue weighted by molar-refractivity contribution is 6.29. The van der Waals surface area contributed by atoms with Gasteiger partial charge in [-0.15, -0.1) is 5.10 Å². The van der Waals surface area contributed by atoms with E-state index < -0.39 is 23.8 Å². The van der Waals surface area contributed by atoms with Crippen molar-refractivity contribution < 1.29 is 27.4 Å². The average molecular weight is 428 g/mol. The molecule has 10 heteroatoms. The van der Waals surface area contributed by atoms with E-state index in [1.807, 2.05) is 0 Å². The van der Waals surface area contributed by atoms with Gasteiger partial charge in [-0.25, -0.2) is 4.39 Å². The van der Waals surface area contributed by atoms with Gasteiger partial charge in [-0.2, -0.15) is 18.3 Å². The SMILES string of the molecule is Cc1cc(F)ccc1Oc1ccc(C(F)(F)F)cc1C(O)Nc1cnnc(Cl)c1. The molecule has 1 aromatic heterocycles. The van der Waals surface area contributed by atoms with Gasteiger partial charge < -0.3 is 15.2 Å². The van der Waals surface area contributed by atoms with Crippen LogP contribution >= 0.6 is 11.6 Å². The standard InChI is InChI=1S/C19H14ClF4N3O2/c1-10-6-12(21)3-5-15(10)29-16-4-2-11(19(22,23)24)7-14(16)18(28)26-13-8-17(20)27-25-9-13/h2-9,18,28H,1H3,(H,26,27). The fourth-order valence-corrected chi connectivity index (χ4v) is 2.69. The van der Waals surface area contributed by atoms with Crippen LogP contribution < -0.4 is 10.1 Å². The second kappa shape index (κ2) is 8.22. The van der Waals surface area contributed by atoms with Crippen LogP contribution in [0.2, 0.25) is 5.15 Å². The van der Waals surface area contributed by atoms with Crippen LogP contribution in [0.4, 0.5) is 23.2 Å². The van der Waals surface area contributed by atoms with Gasteiger partial charge in [0.25, 0.3) is 0 Å². The van der Waals surface area contributed by atoms with E-state index in [9.17, 15) is 22.7 Å². The predicted octanol–water partition coefficient (Wildman–Crippen LogP) is 5.49. The number of ether oxygens (including phenoxy) is 1. The number of anilines is 1. The number of benzene rings is 2. The average Bonchev–Trinajstić information content (AvgIpc) is 2.63. The molecule has 0 spiro atoms. The van der Waals surface area contributed by atoms with Crippen molar-refractivity contribution in [3.63, 3.8) is 0 Å². The fraction of sp³-hybridized carbons (Fsp3) is 0.158. The van der Waals surface area contributed by atoms with Gasteiger partial charge in [0.15, 0.2) is 11.4 Å². The number of aliphatic hydroxyl groups is 1. The van der Waals surface area contributed by atoms with Gasteiger partial charge in [0.2, 0.25) is 0 Å². The van der Waals surface area contributed by atoms with Crippen LogP contribution in [0.15, 0.2) is 48.7 Å². The van der Waals surface area contributed by atoms with Gasteiger partial charge in [-0.1, -0.05) is 11.6 Å². The topological polar surface area (TPSA) is 67.3 Å². The minimum Gasteiger partial charge on any atom is -0.457 e.